The normalized spacial score (nSPS) is 16.8. The van der Waals surface area contributed by atoms with Gasteiger partial charge in [-0.15, -0.1) is 0 Å². The molecule has 0 bridgehead atoms. The Morgan fingerprint density at radius 3 is 2.76 bits per heavy atom. The summed E-state index contributed by atoms with van der Waals surface area (Å²) >= 11 is 11.2. The van der Waals surface area contributed by atoms with Crippen LogP contribution < -0.4 is 5.32 Å². The van der Waals surface area contributed by atoms with Gasteiger partial charge in [-0.25, -0.2) is 0 Å². The number of nitrogens with one attached hydrogen (secondary N) is 1. The molecular formula is C12H13BrClNOS. The molecule has 2 nitrogen and oxygen atoms in total. The van der Waals surface area contributed by atoms with Crippen molar-refractivity contribution in [2.45, 2.75) is 18.9 Å². The number of benzene rings is 1. The summed E-state index contributed by atoms with van der Waals surface area (Å²) in [7, 11) is 0. The predicted octanol–water partition coefficient (Wildman–Crippen LogP) is 3.73. The second kappa shape index (κ2) is 6.12. The van der Waals surface area contributed by atoms with E-state index in [2.05, 4.69) is 21.2 Å². The second-order valence-corrected chi connectivity index (χ2v) is 6.48. The lowest BCUT2D eigenvalue weighted by atomic mass is 10.1. The molecule has 1 aliphatic rings. The average Bonchev–Trinajstić information content (AvgIpc) is 2.34. The van der Waals surface area contributed by atoms with Crippen molar-refractivity contribution in [2.75, 3.05) is 11.5 Å². The van der Waals surface area contributed by atoms with Gasteiger partial charge in [0, 0.05) is 16.1 Å². The summed E-state index contributed by atoms with van der Waals surface area (Å²) in [6.07, 6.45) is 2.12. The molecule has 1 aromatic rings. The Labute approximate surface area is 119 Å². The minimum atomic E-state index is -0.0146. The SMILES string of the molecule is O=C(NC1CCSCC1)c1ccc(Cl)c(Br)c1. The largest absolute Gasteiger partial charge is 0.349 e. The third-order valence-corrected chi connectivity index (χ3v) is 5.00. The maximum Gasteiger partial charge on any atom is 0.251 e. The third kappa shape index (κ3) is 3.63. The van der Waals surface area contributed by atoms with Crippen LogP contribution in [-0.4, -0.2) is 23.5 Å². The van der Waals surface area contributed by atoms with Gasteiger partial charge >= 0.3 is 0 Å². The smallest absolute Gasteiger partial charge is 0.251 e. The highest BCUT2D eigenvalue weighted by Crippen LogP contribution is 2.23. The van der Waals surface area contributed by atoms with Crippen LogP contribution in [0.25, 0.3) is 0 Å². The van der Waals surface area contributed by atoms with Crippen molar-refractivity contribution in [2.24, 2.45) is 0 Å². The van der Waals surface area contributed by atoms with E-state index in [4.69, 9.17) is 11.6 Å². The van der Waals surface area contributed by atoms with Crippen molar-refractivity contribution in [1.29, 1.82) is 0 Å². The van der Waals surface area contributed by atoms with Crippen molar-refractivity contribution in [3.63, 3.8) is 0 Å². The Bertz CT molecular complexity index is 421. The Kier molecular flexibility index (Phi) is 4.77. The van der Waals surface area contributed by atoms with E-state index in [0.717, 1.165) is 28.8 Å². The first-order valence-corrected chi connectivity index (χ1v) is 7.83. The number of thioether (sulfide) groups is 1. The molecule has 17 heavy (non-hydrogen) atoms. The summed E-state index contributed by atoms with van der Waals surface area (Å²) in [6, 6.07) is 5.56. The van der Waals surface area contributed by atoms with E-state index in [1.807, 2.05) is 11.8 Å². The van der Waals surface area contributed by atoms with Crippen LogP contribution in [-0.2, 0) is 0 Å². The molecule has 0 radical (unpaired) electrons. The van der Waals surface area contributed by atoms with Crippen molar-refractivity contribution >= 4 is 45.2 Å². The van der Waals surface area contributed by atoms with Crippen LogP contribution >= 0.6 is 39.3 Å². The molecule has 0 aliphatic carbocycles. The molecule has 1 heterocycles. The highest BCUT2D eigenvalue weighted by molar-refractivity contribution is 9.10. The van der Waals surface area contributed by atoms with Crippen LogP contribution in [0.3, 0.4) is 0 Å². The molecule has 2 rings (SSSR count). The first-order valence-electron chi connectivity index (χ1n) is 5.50. The minimum Gasteiger partial charge on any atom is -0.349 e. The summed E-state index contributed by atoms with van der Waals surface area (Å²) in [6.45, 7) is 0. The molecule has 0 unspecified atom stereocenters. The molecule has 1 saturated heterocycles. The monoisotopic (exact) mass is 333 g/mol. The fourth-order valence-electron chi connectivity index (χ4n) is 1.75. The Morgan fingerprint density at radius 1 is 1.41 bits per heavy atom. The van der Waals surface area contributed by atoms with E-state index in [1.165, 1.54) is 0 Å². The zero-order valence-corrected chi connectivity index (χ0v) is 12.4. The van der Waals surface area contributed by atoms with Crippen molar-refractivity contribution in [3.8, 4) is 0 Å². The van der Waals surface area contributed by atoms with E-state index in [-0.39, 0.29) is 5.91 Å². The van der Waals surface area contributed by atoms with Crippen molar-refractivity contribution in [1.82, 2.24) is 5.32 Å². The van der Waals surface area contributed by atoms with E-state index >= 15 is 0 Å². The number of hydrogen-bond acceptors (Lipinski definition) is 2. The molecule has 0 saturated carbocycles. The van der Waals surface area contributed by atoms with Gasteiger partial charge in [-0.1, -0.05) is 11.6 Å². The quantitative estimate of drug-likeness (QED) is 0.893. The van der Waals surface area contributed by atoms with Gasteiger partial charge in [0.15, 0.2) is 0 Å². The molecule has 0 spiro atoms. The molecule has 1 fully saturated rings. The molecule has 92 valence electrons. The lowest BCUT2D eigenvalue weighted by Gasteiger charge is -2.22. The number of halogens is 2. The molecule has 0 atom stereocenters. The van der Waals surface area contributed by atoms with Crippen LogP contribution in [0.4, 0.5) is 0 Å². The van der Waals surface area contributed by atoms with E-state index in [9.17, 15) is 4.79 Å². The number of amides is 1. The van der Waals surface area contributed by atoms with Crippen molar-refractivity contribution < 1.29 is 4.79 Å². The highest BCUT2D eigenvalue weighted by Gasteiger charge is 2.17. The molecule has 1 N–H and O–H groups in total. The summed E-state index contributed by atoms with van der Waals surface area (Å²) in [5.41, 5.74) is 0.652. The summed E-state index contributed by atoms with van der Waals surface area (Å²) in [4.78, 5) is 12.0. The third-order valence-electron chi connectivity index (χ3n) is 2.74. The topological polar surface area (TPSA) is 29.1 Å². The maximum atomic E-state index is 12.0. The first-order chi connectivity index (χ1) is 8.16. The summed E-state index contributed by atoms with van der Waals surface area (Å²) < 4.78 is 0.756. The van der Waals surface area contributed by atoms with Gasteiger partial charge in [0.05, 0.1) is 5.02 Å². The standard InChI is InChI=1S/C12H13BrClNOS/c13-10-7-8(1-2-11(10)14)12(16)15-9-3-5-17-6-4-9/h1-2,7,9H,3-6H2,(H,15,16). The number of rotatable bonds is 2. The van der Waals surface area contributed by atoms with Gasteiger partial charge in [-0.05, 0) is 58.5 Å². The molecular weight excluding hydrogens is 322 g/mol. The highest BCUT2D eigenvalue weighted by atomic mass is 79.9. The van der Waals surface area contributed by atoms with Gasteiger partial charge < -0.3 is 5.32 Å². The summed E-state index contributed by atoms with van der Waals surface area (Å²) in [5.74, 6) is 2.25. The maximum absolute atomic E-state index is 12.0. The Hall–Kier alpha value is -0.190. The van der Waals surface area contributed by atoms with Gasteiger partial charge in [-0.3, -0.25) is 4.79 Å². The van der Waals surface area contributed by atoms with E-state index in [0.29, 0.717) is 16.6 Å². The van der Waals surface area contributed by atoms with Crippen LogP contribution in [0.15, 0.2) is 22.7 Å². The second-order valence-electron chi connectivity index (χ2n) is 3.99. The van der Waals surface area contributed by atoms with Crippen LogP contribution in [0.5, 0.6) is 0 Å². The van der Waals surface area contributed by atoms with Gasteiger partial charge in [-0.2, -0.15) is 11.8 Å². The van der Waals surface area contributed by atoms with Gasteiger partial charge in [0.2, 0.25) is 0 Å². The van der Waals surface area contributed by atoms with Crippen LogP contribution in [0.1, 0.15) is 23.2 Å². The molecule has 1 amide bonds. The molecule has 1 aliphatic heterocycles. The number of carbonyl (C=O) groups is 1. The lowest BCUT2D eigenvalue weighted by Crippen LogP contribution is -2.37. The van der Waals surface area contributed by atoms with Gasteiger partial charge in [0.1, 0.15) is 0 Å². The minimum absolute atomic E-state index is 0.0146. The first kappa shape index (κ1) is 13.2. The Morgan fingerprint density at radius 2 is 2.12 bits per heavy atom. The van der Waals surface area contributed by atoms with E-state index in [1.54, 1.807) is 18.2 Å². The van der Waals surface area contributed by atoms with Crippen LogP contribution in [0, 0.1) is 0 Å². The van der Waals surface area contributed by atoms with Crippen molar-refractivity contribution in [3.05, 3.63) is 33.3 Å². The molecule has 0 aromatic heterocycles. The van der Waals surface area contributed by atoms with E-state index < -0.39 is 0 Å². The Balaban J connectivity index is 2.01. The number of carbonyl (C=O) groups excluding carboxylic acids is 1. The molecule has 1 aromatic carbocycles. The zero-order chi connectivity index (χ0) is 12.3. The molecule has 5 heteroatoms. The zero-order valence-electron chi connectivity index (χ0n) is 9.21. The average molecular weight is 335 g/mol. The summed E-state index contributed by atoms with van der Waals surface area (Å²) in [5, 5.41) is 3.69. The van der Waals surface area contributed by atoms with Crippen LogP contribution in [0.2, 0.25) is 5.02 Å². The predicted molar refractivity (Wildman–Crippen MR) is 77.0 cm³/mol. The van der Waals surface area contributed by atoms with Gasteiger partial charge in [0.25, 0.3) is 5.91 Å². The number of hydrogen-bond donors (Lipinski definition) is 1. The fraction of sp³-hybridized carbons (Fsp3) is 0.417. The lowest BCUT2D eigenvalue weighted by molar-refractivity contribution is 0.0935. The fourth-order valence-corrected chi connectivity index (χ4v) is 3.35.